The predicted octanol–water partition coefficient (Wildman–Crippen LogP) is 4.25. The van der Waals surface area contributed by atoms with Crippen molar-refractivity contribution in [2.75, 3.05) is 25.0 Å². The van der Waals surface area contributed by atoms with Crippen LogP contribution in [0, 0.1) is 11.8 Å². The molecule has 9 heteroatoms. The van der Waals surface area contributed by atoms with Gasteiger partial charge in [-0.1, -0.05) is 60.7 Å². The van der Waals surface area contributed by atoms with Gasteiger partial charge in [-0.05, 0) is 62.9 Å². The van der Waals surface area contributed by atoms with Crippen LogP contribution in [0.3, 0.4) is 0 Å². The molecule has 6 atom stereocenters. The van der Waals surface area contributed by atoms with Crippen molar-refractivity contribution in [1.82, 2.24) is 15.1 Å². The number of benzene rings is 1. The first kappa shape index (κ1) is 27.9. The number of hydrogen-bond donors (Lipinski definition) is 2. The number of nitrogens with zero attached hydrogens (tertiary/aromatic N) is 2. The first-order chi connectivity index (χ1) is 19.4. The van der Waals surface area contributed by atoms with E-state index in [0.29, 0.717) is 18.3 Å². The maximum Gasteiger partial charge on any atom is 0.246 e. The average molecular weight is 614 g/mol. The molecule has 0 radical (unpaired) electrons. The third-order valence-corrected chi connectivity index (χ3v) is 10.4. The number of halogens is 1. The Morgan fingerprint density at radius 2 is 1.77 bits per heavy atom. The van der Waals surface area contributed by atoms with Gasteiger partial charge in [0.2, 0.25) is 17.7 Å². The zero-order valence-corrected chi connectivity index (χ0v) is 24.9. The van der Waals surface area contributed by atoms with Crippen molar-refractivity contribution < 1.29 is 19.1 Å². The van der Waals surface area contributed by atoms with Crippen LogP contribution < -0.4 is 10.6 Å². The van der Waals surface area contributed by atoms with Crippen molar-refractivity contribution in [1.29, 1.82) is 0 Å². The molecule has 4 aliphatic heterocycles. The van der Waals surface area contributed by atoms with E-state index in [9.17, 15) is 14.4 Å². The van der Waals surface area contributed by atoms with Gasteiger partial charge in [-0.25, -0.2) is 0 Å². The van der Waals surface area contributed by atoms with E-state index < -0.39 is 29.6 Å². The minimum Gasteiger partial charge on any atom is -0.359 e. The number of piperidine rings is 1. The number of likely N-dealkylation sites (tertiary alicyclic amines) is 2. The first-order valence-electron chi connectivity index (χ1n) is 15.2. The Morgan fingerprint density at radius 1 is 1.02 bits per heavy atom. The van der Waals surface area contributed by atoms with Gasteiger partial charge in [0.25, 0.3) is 0 Å². The van der Waals surface area contributed by atoms with E-state index in [0.717, 1.165) is 56.1 Å². The number of carbonyl (C=O) groups is 3. The van der Waals surface area contributed by atoms with E-state index in [1.807, 2.05) is 36.4 Å². The quantitative estimate of drug-likeness (QED) is 0.428. The largest absolute Gasteiger partial charge is 0.359 e. The number of amides is 3. The molecule has 1 saturated carbocycles. The van der Waals surface area contributed by atoms with Gasteiger partial charge in [0, 0.05) is 35.3 Å². The molecule has 1 aromatic carbocycles. The van der Waals surface area contributed by atoms with Crippen molar-refractivity contribution in [2.24, 2.45) is 11.8 Å². The highest BCUT2D eigenvalue weighted by atomic mass is 79.9. The minimum absolute atomic E-state index is 0.124. The van der Waals surface area contributed by atoms with Crippen LogP contribution in [0.5, 0.6) is 0 Å². The van der Waals surface area contributed by atoms with Gasteiger partial charge in [-0.3, -0.25) is 19.3 Å². The maximum atomic E-state index is 14.2. The SMILES string of the molecule is CCC1CCCCN1CCN1C(=O)[C@@H]2C(C(=O)Nc3ccc(Br)cc3)[C@@H]3C=CC2(O3)C1C(=O)NC1CCCCC1. The van der Waals surface area contributed by atoms with E-state index in [4.69, 9.17) is 4.74 Å². The van der Waals surface area contributed by atoms with Crippen molar-refractivity contribution in [3.05, 3.63) is 40.9 Å². The van der Waals surface area contributed by atoms with Crippen LogP contribution >= 0.6 is 15.9 Å². The number of nitrogens with one attached hydrogen (secondary N) is 2. The van der Waals surface area contributed by atoms with Crippen molar-refractivity contribution in [3.63, 3.8) is 0 Å². The highest BCUT2D eigenvalue weighted by Crippen LogP contribution is 2.55. The van der Waals surface area contributed by atoms with Gasteiger partial charge in [0.05, 0.1) is 17.9 Å². The molecule has 1 spiro atoms. The highest BCUT2D eigenvalue weighted by Gasteiger charge is 2.72. The van der Waals surface area contributed by atoms with Crippen LogP contribution in [0.2, 0.25) is 0 Å². The predicted molar refractivity (Wildman–Crippen MR) is 157 cm³/mol. The Bertz CT molecular complexity index is 1150. The summed E-state index contributed by atoms with van der Waals surface area (Å²) in [4.78, 5) is 46.1. The number of hydrogen-bond acceptors (Lipinski definition) is 5. The molecule has 1 aliphatic carbocycles. The minimum atomic E-state index is -1.12. The summed E-state index contributed by atoms with van der Waals surface area (Å²) < 4.78 is 7.44. The summed E-state index contributed by atoms with van der Waals surface area (Å²) in [6.45, 7) is 4.42. The summed E-state index contributed by atoms with van der Waals surface area (Å²) in [6, 6.07) is 7.25. The molecule has 0 aromatic heterocycles. The Hall–Kier alpha value is -2.23. The molecule has 1 aromatic rings. The Balaban J connectivity index is 1.26. The highest BCUT2D eigenvalue weighted by molar-refractivity contribution is 9.10. The van der Waals surface area contributed by atoms with E-state index in [1.165, 1.54) is 19.3 Å². The number of carbonyl (C=O) groups excluding carboxylic acids is 3. The molecule has 4 unspecified atom stereocenters. The summed E-state index contributed by atoms with van der Waals surface area (Å²) in [5.74, 6) is -1.94. The maximum absolute atomic E-state index is 14.2. The van der Waals surface area contributed by atoms with Crippen LogP contribution in [0.4, 0.5) is 5.69 Å². The fourth-order valence-corrected chi connectivity index (χ4v) is 8.11. The Kier molecular flexibility index (Phi) is 8.07. The molecule has 40 heavy (non-hydrogen) atoms. The summed E-state index contributed by atoms with van der Waals surface area (Å²) in [5, 5.41) is 6.28. The molecule has 4 heterocycles. The van der Waals surface area contributed by atoms with Gasteiger partial charge >= 0.3 is 0 Å². The Morgan fingerprint density at radius 3 is 2.52 bits per heavy atom. The van der Waals surface area contributed by atoms with Gasteiger partial charge in [0.15, 0.2) is 0 Å². The molecular weight excluding hydrogens is 572 g/mol. The number of anilines is 1. The van der Waals surface area contributed by atoms with Crippen LogP contribution in [-0.4, -0.2) is 77.0 Å². The van der Waals surface area contributed by atoms with Crippen molar-refractivity contribution in [3.8, 4) is 0 Å². The lowest BCUT2D eigenvalue weighted by Crippen LogP contribution is -2.57. The third-order valence-electron chi connectivity index (χ3n) is 9.84. The lowest BCUT2D eigenvalue weighted by Gasteiger charge is -2.38. The summed E-state index contributed by atoms with van der Waals surface area (Å²) in [5.41, 5.74) is -0.451. The van der Waals surface area contributed by atoms with Gasteiger partial charge in [0.1, 0.15) is 11.6 Å². The molecule has 6 rings (SSSR count). The molecule has 216 valence electrons. The standard InChI is InChI=1S/C31H41BrN4O4/c1-2-23-10-6-7-17-35(23)18-19-36-27(29(38)34-21-8-4-3-5-9-21)31-16-15-24(40-31)25(26(31)30(36)39)28(37)33-22-13-11-20(32)12-14-22/h11-16,21,23-27H,2-10,17-19H2,1H3,(H,33,37)(H,34,38)/t23?,24-,25?,26-,27?,31?/m0/s1. The molecule has 3 saturated heterocycles. The second-order valence-corrected chi connectivity index (χ2v) is 13.1. The summed E-state index contributed by atoms with van der Waals surface area (Å²) >= 11 is 3.43. The fraction of sp³-hybridized carbons (Fsp3) is 0.645. The summed E-state index contributed by atoms with van der Waals surface area (Å²) in [7, 11) is 0. The number of fused-ring (bicyclic) bond motifs is 1. The van der Waals surface area contributed by atoms with Crippen molar-refractivity contribution in [2.45, 2.75) is 94.5 Å². The smallest absolute Gasteiger partial charge is 0.246 e. The molecule has 8 nitrogen and oxygen atoms in total. The molecule has 2 N–H and O–H groups in total. The van der Waals surface area contributed by atoms with E-state index in [1.54, 1.807) is 4.90 Å². The molecule has 2 bridgehead atoms. The molecule has 4 fully saturated rings. The van der Waals surface area contributed by atoms with Crippen molar-refractivity contribution >= 4 is 39.3 Å². The normalized spacial score (nSPS) is 33.8. The monoisotopic (exact) mass is 612 g/mol. The van der Waals surface area contributed by atoms with Gasteiger partial charge < -0.3 is 20.3 Å². The van der Waals surface area contributed by atoms with Gasteiger partial charge in [-0.15, -0.1) is 0 Å². The van der Waals surface area contributed by atoms with Gasteiger partial charge in [-0.2, -0.15) is 0 Å². The first-order valence-corrected chi connectivity index (χ1v) is 16.0. The topological polar surface area (TPSA) is 91.0 Å². The molecule has 3 amide bonds. The molecular formula is C31H41BrN4O4. The zero-order chi connectivity index (χ0) is 27.9. The molecule has 5 aliphatic rings. The van der Waals surface area contributed by atoms with Crippen LogP contribution in [0.1, 0.15) is 64.7 Å². The summed E-state index contributed by atoms with van der Waals surface area (Å²) in [6.07, 6.45) is 13.3. The fourth-order valence-electron chi connectivity index (χ4n) is 7.85. The third kappa shape index (κ3) is 5.02. The average Bonchev–Trinajstić information content (AvgIpc) is 3.61. The Labute approximate surface area is 245 Å². The number of rotatable bonds is 8. The second-order valence-electron chi connectivity index (χ2n) is 12.2. The van der Waals surface area contributed by atoms with E-state index in [-0.39, 0.29) is 23.8 Å². The van der Waals surface area contributed by atoms with Crippen LogP contribution in [0.15, 0.2) is 40.9 Å². The van der Waals surface area contributed by atoms with Crippen LogP contribution in [-0.2, 0) is 19.1 Å². The lowest BCUT2D eigenvalue weighted by atomic mass is 9.74. The van der Waals surface area contributed by atoms with E-state index >= 15 is 0 Å². The zero-order valence-electron chi connectivity index (χ0n) is 23.3. The lowest BCUT2D eigenvalue weighted by molar-refractivity contribution is -0.141. The second kappa shape index (κ2) is 11.6. The van der Waals surface area contributed by atoms with E-state index in [2.05, 4.69) is 38.4 Å². The number of ether oxygens (including phenoxy) is 1. The van der Waals surface area contributed by atoms with Crippen LogP contribution in [0.25, 0.3) is 0 Å².